The van der Waals surface area contributed by atoms with Gasteiger partial charge in [0, 0.05) is 4.88 Å². The second kappa shape index (κ2) is 6.35. The van der Waals surface area contributed by atoms with Gasteiger partial charge in [-0.25, -0.2) is 4.39 Å². The normalized spacial score (nSPS) is 12.7. The first-order valence-electron chi connectivity index (χ1n) is 5.97. The molecule has 0 saturated heterocycles. The smallest absolute Gasteiger partial charge is 0.141 e. The van der Waals surface area contributed by atoms with Crippen molar-refractivity contribution in [2.45, 2.75) is 19.9 Å². The highest BCUT2D eigenvalue weighted by atomic mass is 79.9. The van der Waals surface area contributed by atoms with E-state index in [2.05, 4.69) is 41.2 Å². The number of nitrogens with one attached hydrogen (secondary N) is 1. The molecular weight excluding hydrogens is 349 g/mol. The largest absolute Gasteiger partial charge is 0.306 e. The van der Waals surface area contributed by atoms with E-state index in [1.165, 1.54) is 16.5 Å². The summed E-state index contributed by atoms with van der Waals surface area (Å²) >= 11 is 11.1. The van der Waals surface area contributed by atoms with Gasteiger partial charge in [0.05, 0.1) is 14.9 Å². The topological polar surface area (TPSA) is 12.0 Å². The molecule has 0 amide bonds. The number of benzene rings is 1. The van der Waals surface area contributed by atoms with Crippen LogP contribution < -0.4 is 5.32 Å². The molecule has 1 N–H and O–H groups in total. The number of hydrogen-bond acceptors (Lipinski definition) is 2. The molecule has 1 unspecified atom stereocenters. The maximum absolute atomic E-state index is 13.3. The van der Waals surface area contributed by atoms with E-state index < -0.39 is 0 Å². The van der Waals surface area contributed by atoms with E-state index in [4.69, 9.17) is 11.6 Å². The van der Waals surface area contributed by atoms with Gasteiger partial charge in [0.1, 0.15) is 5.82 Å². The lowest BCUT2D eigenvalue weighted by molar-refractivity contribution is 0.613. The second-order valence-corrected chi connectivity index (χ2v) is 7.27. The molecular formula is C14H14BrClFNS. The van der Waals surface area contributed by atoms with Crippen LogP contribution in [0.4, 0.5) is 4.39 Å². The minimum atomic E-state index is -0.385. The first-order chi connectivity index (χ1) is 9.02. The zero-order valence-corrected chi connectivity index (χ0v) is 13.8. The molecule has 0 radical (unpaired) electrons. The van der Waals surface area contributed by atoms with Crippen molar-refractivity contribution < 1.29 is 4.39 Å². The Bertz CT molecular complexity index is 585. The molecule has 1 nitrogen and oxygen atoms in total. The molecule has 0 bridgehead atoms. The Morgan fingerprint density at radius 2 is 2.16 bits per heavy atom. The SMILES string of the molecule is CCNC(c1ccc(F)c(Cl)c1)c1cc(Br)sc1C. The summed E-state index contributed by atoms with van der Waals surface area (Å²) in [5.41, 5.74) is 2.17. The molecule has 5 heteroatoms. The summed E-state index contributed by atoms with van der Waals surface area (Å²) in [6.07, 6.45) is 0. The lowest BCUT2D eigenvalue weighted by Gasteiger charge is -2.19. The average molecular weight is 363 g/mol. The van der Waals surface area contributed by atoms with Gasteiger partial charge in [-0.3, -0.25) is 0 Å². The van der Waals surface area contributed by atoms with Gasteiger partial charge in [0.25, 0.3) is 0 Å². The Labute approximate surface area is 129 Å². The summed E-state index contributed by atoms with van der Waals surface area (Å²) in [6.45, 7) is 4.96. The van der Waals surface area contributed by atoms with E-state index in [-0.39, 0.29) is 16.9 Å². The monoisotopic (exact) mass is 361 g/mol. The van der Waals surface area contributed by atoms with Crippen molar-refractivity contribution in [3.63, 3.8) is 0 Å². The summed E-state index contributed by atoms with van der Waals surface area (Å²) in [4.78, 5) is 1.23. The Balaban J connectivity index is 2.44. The summed E-state index contributed by atoms with van der Waals surface area (Å²) in [5, 5.41) is 3.58. The van der Waals surface area contributed by atoms with Crippen molar-refractivity contribution in [3.8, 4) is 0 Å². The van der Waals surface area contributed by atoms with Crippen LogP contribution >= 0.6 is 38.9 Å². The van der Waals surface area contributed by atoms with Crippen molar-refractivity contribution >= 4 is 38.9 Å². The highest BCUT2D eigenvalue weighted by molar-refractivity contribution is 9.11. The third-order valence-electron chi connectivity index (χ3n) is 2.92. The van der Waals surface area contributed by atoms with Gasteiger partial charge in [0.2, 0.25) is 0 Å². The molecule has 1 aromatic heterocycles. The fourth-order valence-electron chi connectivity index (χ4n) is 2.05. The number of rotatable bonds is 4. The van der Waals surface area contributed by atoms with E-state index >= 15 is 0 Å². The van der Waals surface area contributed by atoms with E-state index in [0.717, 1.165) is 15.9 Å². The van der Waals surface area contributed by atoms with Crippen LogP contribution in [0.1, 0.15) is 29.0 Å². The number of thiophene rings is 1. The predicted molar refractivity (Wildman–Crippen MR) is 83.7 cm³/mol. The fourth-order valence-corrected chi connectivity index (χ4v) is 3.99. The van der Waals surface area contributed by atoms with Gasteiger partial charge in [-0.05, 0) is 58.7 Å². The van der Waals surface area contributed by atoms with E-state index in [1.54, 1.807) is 23.5 Å². The quantitative estimate of drug-likeness (QED) is 0.777. The van der Waals surface area contributed by atoms with E-state index in [0.29, 0.717) is 0 Å². The highest BCUT2D eigenvalue weighted by Gasteiger charge is 2.18. The molecule has 2 aromatic rings. The van der Waals surface area contributed by atoms with E-state index in [9.17, 15) is 4.39 Å². The Morgan fingerprint density at radius 3 is 2.68 bits per heavy atom. The summed E-state index contributed by atoms with van der Waals surface area (Å²) in [6, 6.07) is 7.02. The summed E-state index contributed by atoms with van der Waals surface area (Å²) < 4.78 is 14.4. The minimum Gasteiger partial charge on any atom is -0.306 e. The molecule has 102 valence electrons. The van der Waals surface area contributed by atoms with Crippen molar-refractivity contribution in [2.24, 2.45) is 0 Å². The van der Waals surface area contributed by atoms with Crippen LogP contribution in [-0.2, 0) is 0 Å². The maximum atomic E-state index is 13.3. The molecule has 1 aromatic carbocycles. The fraction of sp³-hybridized carbons (Fsp3) is 0.286. The van der Waals surface area contributed by atoms with Crippen LogP contribution in [0, 0.1) is 12.7 Å². The van der Waals surface area contributed by atoms with Crippen LogP contribution in [-0.4, -0.2) is 6.54 Å². The van der Waals surface area contributed by atoms with Gasteiger partial charge in [-0.1, -0.05) is 24.6 Å². The molecule has 19 heavy (non-hydrogen) atoms. The first-order valence-corrected chi connectivity index (χ1v) is 7.95. The molecule has 0 fully saturated rings. The first kappa shape index (κ1) is 15.0. The third kappa shape index (κ3) is 3.37. The lowest BCUT2D eigenvalue weighted by Crippen LogP contribution is -2.22. The molecule has 1 atom stereocenters. The Kier molecular flexibility index (Phi) is 5.01. The van der Waals surface area contributed by atoms with Crippen molar-refractivity contribution in [1.82, 2.24) is 5.32 Å². The number of hydrogen-bond donors (Lipinski definition) is 1. The molecule has 1 heterocycles. The van der Waals surface area contributed by atoms with Crippen LogP contribution in [0.3, 0.4) is 0 Å². The molecule has 0 aliphatic carbocycles. The van der Waals surface area contributed by atoms with Crippen molar-refractivity contribution in [1.29, 1.82) is 0 Å². The Morgan fingerprint density at radius 1 is 1.42 bits per heavy atom. The molecule has 0 aliphatic heterocycles. The zero-order valence-electron chi connectivity index (χ0n) is 10.6. The number of halogens is 3. The minimum absolute atomic E-state index is 0.0330. The van der Waals surface area contributed by atoms with Crippen LogP contribution in [0.2, 0.25) is 5.02 Å². The van der Waals surface area contributed by atoms with Gasteiger partial charge in [0.15, 0.2) is 0 Å². The van der Waals surface area contributed by atoms with Crippen LogP contribution in [0.15, 0.2) is 28.1 Å². The third-order valence-corrected chi connectivity index (χ3v) is 4.78. The highest BCUT2D eigenvalue weighted by Crippen LogP contribution is 2.34. The van der Waals surface area contributed by atoms with Crippen molar-refractivity contribution in [2.75, 3.05) is 6.54 Å². The lowest BCUT2D eigenvalue weighted by atomic mass is 9.99. The predicted octanol–water partition coefficient (Wildman–Crippen LogP) is 5.31. The standard InChI is InChI=1S/C14H14BrClFNS/c1-3-18-14(10-7-13(15)19-8(10)2)9-4-5-12(17)11(16)6-9/h4-7,14,18H,3H2,1-2H3. The zero-order chi connectivity index (χ0) is 14.0. The van der Waals surface area contributed by atoms with Gasteiger partial charge in [-0.2, -0.15) is 0 Å². The summed E-state index contributed by atoms with van der Waals surface area (Å²) in [5.74, 6) is -0.385. The van der Waals surface area contributed by atoms with Crippen LogP contribution in [0.25, 0.3) is 0 Å². The van der Waals surface area contributed by atoms with Crippen LogP contribution in [0.5, 0.6) is 0 Å². The maximum Gasteiger partial charge on any atom is 0.141 e. The van der Waals surface area contributed by atoms with Gasteiger partial charge in [-0.15, -0.1) is 11.3 Å². The number of aryl methyl sites for hydroxylation is 1. The van der Waals surface area contributed by atoms with Gasteiger partial charge < -0.3 is 5.32 Å². The Hall–Kier alpha value is -0.420. The molecule has 0 aliphatic rings. The summed E-state index contributed by atoms with van der Waals surface area (Å²) in [7, 11) is 0. The van der Waals surface area contributed by atoms with Gasteiger partial charge >= 0.3 is 0 Å². The second-order valence-electron chi connectivity index (χ2n) is 4.23. The molecule has 0 spiro atoms. The average Bonchev–Trinajstić information content (AvgIpc) is 2.69. The van der Waals surface area contributed by atoms with E-state index in [1.807, 2.05) is 0 Å². The molecule has 2 rings (SSSR count). The van der Waals surface area contributed by atoms with Crippen molar-refractivity contribution in [3.05, 3.63) is 54.9 Å². The molecule has 0 saturated carbocycles.